The molecule has 0 aliphatic carbocycles. The molecule has 0 saturated heterocycles. The molecule has 1 rings (SSSR count). The first-order valence-corrected chi connectivity index (χ1v) is 5.72. The maximum Gasteiger partial charge on any atom is 0.165 e. The van der Waals surface area contributed by atoms with Crippen molar-refractivity contribution in [3.8, 4) is 0 Å². The molecule has 0 spiro atoms. The normalized spacial score (nSPS) is 11.9. The third-order valence-electron chi connectivity index (χ3n) is 3.02. The zero-order valence-electron chi connectivity index (χ0n) is 10.8. The quantitative estimate of drug-likeness (QED) is 0.789. The summed E-state index contributed by atoms with van der Waals surface area (Å²) in [4.78, 5) is 12.1. The largest absolute Gasteiger partial charge is 0.311 e. The van der Waals surface area contributed by atoms with Crippen LogP contribution in [0.1, 0.15) is 43.6 Å². The van der Waals surface area contributed by atoms with Gasteiger partial charge in [-0.25, -0.2) is 0 Å². The van der Waals surface area contributed by atoms with Crippen molar-refractivity contribution in [2.75, 3.05) is 7.05 Å². The molecule has 0 aliphatic rings. The van der Waals surface area contributed by atoms with Crippen LogP contribution < -0.4 is 5.32 Å². The summed E-state index contributed by atoms with van der Waals surface area (Å²) >= 11 is 0. The van der Waals surface area contributed by atoms with Crippen LogP contribution in [0.5, 0.6) is 0 Å². The van der Waals surface area contributed by atoms with Gasteiger partial charge in [0.05, 0.1) is 0 Å². The lowest BCUT2D eigenvalue weighted by Gasteiger charge is -2.27. The number of nitrogens with one attached hydrogen (secondary N) is 1. The van der Waals surface area contributed by atoms with Gasteiger partial charge in [-0.1, -0.05) is 38.1 Å². The average Bonchev–Trinajstić information content (AvgIpc) is 2.28. The van der Waals surface area contributed by atoms with Crippen molar-refractivity contribution >= 4 is 5.78 Å². The van der Waals surface area contributed by atoms with Crippen LogP contribution in [0, 0.1) is 5.92 Å². The molecule has 0 heterocycles. The number of Topliss-reactive ketones (excluding diaryl/α,β-unsaturated/α-hetero) is 1. The van der Waals surface area contributed by atoms with E-state index in [2.05, 4.69) is 19.2 Å². The molecular weight excluding hydrogens is 198 g/mol. The van der Waals surface area contributed by atoms with Crippen molar-refractivity contribution in [1.82, 2.24) is 5.32 Å². The molecule has 0 aliphatic heterocycles. The van der Waals surface area contributed by atoms with E-state index in [1.807, 2.05) is 45.2 Å². The Morgan fingerprint density at radius 2 is 1.81 bits per heavy atom. The Balaban J connectivity index is 3.26. The van der Waals surface area contributed by atoms with E-state index in [0.29, 0.717) is 0 Å². The van der Waals surface area contributed by atoms with Gasteiger partial charge in [0.1, 0.15) is 0 Å². The Hall–Kier alpha value is -1.15. The molecule has 2 nitrogen and oxygen atoms in total. The van der Waals surface area contributed by atoms with Gasteiger partial charge in [0.2, 0.25) is 0 Å². The molecule has 1 N–H and O–H groups in total. The van der Waals surface area contributed by atoms with Gasteiger partial charge in [-0.3, -0.25) is 4.79 Å². The number of rotatable bonds is 4. The first-order chi connectivity index (χ1) is 7.40. The topological polar surface area (TPSA) is 29.1 Å². The third kappa shape index (κ3) is 2.50. The van der Waals surface area contributed by atoms with Gasteiger partial charge in [-0.05, 0) is 26.5 Å². The van der Waals surface area contributed by atoms with E-state index in [1.54, 1.807) is 0 Å². The second-order valence-corrected chi connectivity index (χ2v) is 4.94. The summed E-state index contributed by atoms with van der Waals surface area (Å²) in [7, 11) is 1.91. The molecule has 0 fully saturated rings. The highest BCUT2D eigenvalue weighted by Crippen LogP contribution is 2.25. The number of benzene rings is 1. The zero-order chi connectivity index (χ0) is 12.3. The number of hydrogen-bond donors (Lipinski definition) is 1. The lowest BCUT2D eigenvalue weighted by atomic mass is 9.86. The molecule has 1 aromatic rings. The molecular formula is C14H21NO. The molecule has 0 saturated carbocycles. The van der Waals surface area contributed by atoms with Crippen LogP contribution >= 0.6 is 0 Å². The van der Waals surface area contributed by atoms with E-state index in [-0.39, 0.29) is 17.2 Å². The minimum absolute atomic E-state index is 0.0359. The molecule has 2 heteroatoms. The highest BCUT2D eigenvalue weighted by Gasteiger charge is 2.24. The van der Waals surface area contributed by atoms with Crippen LogP contribution in [0.25, 0.3) is 0 Å². The minimum Gasteiger partial charge on any atom is -0.311 e. The van der Waals surface area contributed by atoms with E-state index < -0.39 is 0 Å². The fourth-order valence-corrected chi connectivity index (χ4v) is 1.69. The second kappa shape index (κ2) is 4.79. The van der Waals surface area contributed by atoms with Crippen LogP contribution in [-0.4, -0.2) is 12.8 Å². The Labute approximate surface area is 98.1 Å². The van der Waals surface area contributed by atoms with Crippen LogP contribution in [0.2, 0.25) is 0 Å². The van der Waals surface area contributed by atoms with Crippen LogP contribution in [0.15, 0.2) is 24.3 Å². The Morgan fingerprint density at radius 1 is 1.25 bits per heavy atom. The molecule has 0 radical (unpaired) electrons. The fraction of sp³-hybridized carbons (Fsp3) is 0.500. The van der Waals surface area contributed by atoms with Gasteiger partial charge in [0.15, 0.2) is 5.78 Å². The predicted molar refractivity (Wildman–Crippen MR) is 67.7 cm³/mol. The van der Waals surface area contributed by atoms with Gasteiger partial charge in [0, 0.05) is 17.0 Å². The van der Waals surface area contributed by atoms with E-state index in [9.17, 15) is 4.79 Å². The number of ketones is 1. The van der Waals surface area contributed by atoms with Gasteiger partial charge in [0.25, 0.3) is 0 Å². The van der Waals surface area contributed by atoms with Crippen molar-refractivity contribution in [2.24, 2.45) is 5.92 Å². The predicted octanol–water partition coefficient (Wildman–Crippen LogP) is 2.98. The Bertz CT molecular complexity index is 380. The molecule has 0 bridgehead atoms. The first kappa shape index (κ1) is 12.9. The number of carbonyl (C=O) groups excluding carboxylic acids is 1. The first-order valence-electron chi connectivity index (χ1n) is 5.72. The SMILES string of the molecule is CNC(C)(C)c1ccccc1C(=O)C(C)C. The average molecular weight is 219 g/mol. The van der Waals surface area contributed by atoms with Gasteiger partial charge < -0.3 is 5.32 Å². The molecule has 0 atom stereocenters. The second-order valence-electron chi connectivity index (χ2n) is 4.94. The standard InChI is InChI=1S/C14H21NO/c1-10(2)13(16)11-8-6-7-9-12(11)14(3,4)15-5/h6-10,15H,1-5H3. The zero-order valence-corrected chi connectivity index (χ0v) is 10.8. The summed E-state index contributed by atoms with van der Waals surface area (Å²) in [5.41, 5.74) is 1.72. The summed E-state index contributed by atoms with van der Waals surface area (Å²) in [6.45, 7) is 8.04. The maximum absolute atomic E-state index is 12.1. The van der Waals surface area contributed by atoms with Crippen LogP contribution in [-0.2, 0) is 5.54 Å². The van der Waals surface area contributed by atoms with E-state index in [1.165, 1.54) is 0 Å². The van der Waals surface area contributed by atoms with Crippen molar-refractivity contribution in [3.05, 3.63) is 35.4 Å². The summed E-state index contributed by atoms with van der Waals surface area (Å²) in [5, 5.41) is 3.24. The van der Waals surface area contributed by atoms with E-state index >= 15 is 0 Å². The van der Waals surface area contributed by atoms with E-state index in [4.69, 9.17) is 0 Å². The number of hydrogen-bond acceptors (Lipinski definition) is 2. The highest BCUT2D eigenvalue weighted by atomic mass is 16.1. The summed E-state index contributed by atoms with van der Waals surface area (Å²) in [5.74, 6) is 0.243. The van der Waals surface area contributed by atoms with Crippen molar-refractivity contribution in [1.29, 1.82) is 0 Å². The molecule has 0 aromatic heterocycles. The Kier molecular flexibility index (Phi) is 3.87. The van der Waals surface area contributed by atoms with Crippen molar-refractivity contribution in [2.45, 2.75) is 33.2 Å². The molecule has 0 unspecified atom stereocenters. The summed E-state index contributed by atoms with van der Waals surface area (Å²) in [6, 6.07) is 7.83. The molecule has 16 heavy (non-hydrogen) atoms. The number of carbonyl (C=O) groups is 1. The monoisotopic (exact) mass is 219 g/mol. The lowest BCUT2D eigenvalue weighted by Crippen LogP contribution is -2.35. The smallest absolute Gasteiger partial charge is 0.165 e. The van der Waals surface area contributed by atoms with Crippen molar-refractivity contribution in [3.63, 3.8) is 0 Å². The Morgan fingerprint density at radius 3 is 2.31 bits per heavy atom. The van der Waals surface area contributed by atoms with Crippen molar-refractivity contribution < 1.29 is 4.79 Å². The highest BCUT2D eigenvalue weighted by molar-refractivity contribution is 5.99. The van der Waals surface area contributed by atoms with Crippen LogP contribution in [0.4, 0.5) is 0 Å². The third-order valence-corrected chi connectivity index (χ3v) is 3.02. The minimum atomic E-state index is -0.179. The molecule has 88 valence electrons. The summed E-state index contributed by atoms with van der Waals surface area (Å²) < 4.78 is 0. The fourth-order valence-electron chi connectivity index (χ4n) is 1.69. The van der Waals surface area contributed by atoms with E-state index in [0.717, 1.165) is 11.1 Å². The van der Waals surface area contributed by atoms with Gasteiger partial charge >= 0.3 is 0 Å². The summed E-state index contributed by atoms with van der Waals surface area (Å²) in [6.07, 6.45) is 0. The van der Waals surface area contributed by atoms with Gasteiger partial charge in [-0.2, -0.15) is 0 Å². The maximum atomic E-state index is 12.1. The van der Waals surface area contributed by atoms with Crippen LogP contribution in [0.3, 0.4) is 0 Å². The molecule has 1 aromatic carbocycles. The van der Waals surface area contributed by atoms with Gasteiger partial charge in [-0.15, -0.1) is 0 Å². The lowest BCUT2D eigenvalue weighted by molar-refractivity contribution is 0.0936. The molecule has 0 amide bonds.